The molecule has 20 heavy (non-hydrogen) atoms. The van der Waals surface area contributed by atoms with E-state index in [0.29, 0.717) is 0 Å². The Labute approximate surface area is 117 Å². The molecule has 0 saturated heterocycles. The van der Waals surface area contributed by atoms with E-state index in [-0.39, 0.29) is 0 Å². The fourth-order valence-corrected chi connectivity index (χ4v) is 2.30. The Balaban J connectivity index is 2.64. The van der Waals surface area contributed by atoms with Crippen LogP contribution in [0.25, 0.3) is 6.08 Å². The van der Waals surface area contributed by atoms with Gasteiger partial charge in [-0.3, -0.25) is 4.79 Å². The third-order valence-corrected chi connectivity index (χ3v) is 3.39. The Morgan fingerprint density at radius 2 is 2.10 bits per heavy atom. The van der Waals surface area contributed by atoms with Gasteiger partial charge >= 0.3 is 5.97 Å². The van der Waals surface area contributed by atoms with Crippen LogP contribution in [0.2, 0.25) is 0 Å². The van der Waals surface area contributed by atoms with Crippen molar-refractivity contribution >= 4 is 22.1 Å². The Kier molecular flexibility index (Phi) is 5.90. The summed E-state index contributed by atoms with van der Waals surface area (Å²) < 4.78 is 30.1. The van der Waals surface area contributed by atoms with Gasteiger partial charge in [-0.15, -0.1) is 0 Å². The highest BCUT2D eigenvalue weighted by Crippen LogP contribution is 2.03. The number of sulfonamides is 1. The second kappa shape index (κ2) is 7.43. The molecule has 6 nitrogen and oxygen atoms in total. The molecule has 1 rings (SSSR count). The summed E-state index contributed by atoms with van der Waals surface area (Å²) in [5.41, 5.74) is 0.720. The highest BCUT2D eigenvalue weighted by Gasteiger charge is 2.19. The summed E-state index contributed by atoms with van der Waals surface area (Å²) in [7, 11) is -3.76. The van der Waals surface area contributed by atoms with E-state index in [1.165, 1.54) is 13.0 Å². The van der Waals surface area contributed by atoms with Gasteiger partial charge in [0.25, 0.3) is 0 Å². The lowest BCUT2D eigenvalue weighted by atomic mass is 10.2. The van der Waals surface area contributed by atoms with Crippen molar-refractivity contribution in [1.82, 2.24) is 4.72 Å². The van der Waals surface area contributed by atoms with Gasteiger partial charge in [0.05, 0.1) is 0 Å². The number of nitriles is 1. The van der Waals surface area contributed by atoms with E-state index < -0.39 is 28.6 Å². The molecule has 0 aliphatic rings. The van der Waals surface area contributed by atoms with Gasteiger partial charge in [-0.2, -0.15) is 9.98 Å². The van der Waals surface area contributed by atoms with Crippen LogP contribution in [0.4, 0.5) is 0 Å². The van der Waals surface area contributed by atoms with Crippen LogP contribution in [0.5, 0.6) is 0 Å². The van der Waals surface area contributed by atoms with Gasteiger partial charge in [0.2, 0.25) is 10.0 Å². The maximum absolute atomic E-state index is 11.7. The van der Waals surface area contributed by atoms with E-state index in [2.05, 4.69) is 9.46 Å². The molecule has 1 aromatic rings. The molecule has 0 unspecified atom stereocenters. The van der Waals surface area contributed by atoms with E-state index in [9.17, 15) is 13.2 Å². The molecule has 0 radical (unpaired) electrons. The lowest BCUT2D eigenvalue weighted by Gasteiger charge is -2.10. The molecule has 106 valence electrons. The first-order chi connectivity index (χ1) is 9.44. The highest BCUT2D eigenvalue weighted by molar-refractivity contribution is 7.92. The monoisotopic (exact) mass is 294 g/mol. The van der Waals surface area contributed by atoms with E-state index in [4.69, 9.17) is 5.26 Å². The molecule has 0 heterocycles. The standard InChI is InChI=1S/C13H14N2O4S/c1-11(13(16)19-9-8-14)15-20(17,18)10-7-12-5-3-2-4-6-12/h2-7,10-11,15H,9H2,1H3/b10-7+/t11-/m0/s1. The van der Waals surface area contributed by atoms with Crippen LogP contribution in [0.3, 0.4) is 0 Å². The van der Waals surface area contributed by atoms with Crippen molar-refractivity contribution < 1.29 is 17.9 Å². The number of nitrogens with one attached hydrogen (secondary N) is 1. The molecule has 0 saturated carbocycles. The minimum Gasteiger partial charge on any atom is -0.449 e. The summed E-state index contributed by atoms with van der Waals surface area (Å²) in [5.74, 6) is -0.803. The molecule has 1 aromatic carbocycles. The summed E-state index contributed by atoms with van der Waals surface area (Å²) >= 11 is 0. The van der Waals surface area contributed by atoms with Gasteiger partial charge in [-0.05, 0) is 18.6 Å². The number of ether oxygens (including phenoxy) is 1. The van der Waals surface area contributed by atoms with E-state index in [1.807, 2.05) is 6.07 Å². The number of nitrogens with zero attached hydrogens (tertiary/aromatic N) is 1. The summed E-state index contributed by atoms with van der Waals surface area (Å²) in [6.45, 7) is 0.929. The Bertz CT molecular complexity index is 618. The van der Waals surface area contributed by atoms with E-state index >= 15 is 0 Å². The van der Waals surface area contributed by atoms with Gasteiger partial charge in [-0.25, -0.2) is 8.42 Å². The predicted octanol–water partition coefficient (Wildman–Crippen LogP) is 1.03. The summed E-state index contributed by atoms with van der Waals surface area (Å²) in [4.78, 5) is 11.3. The molecule has 0 fully saturated rings. The quantitative estimate of drug-likeness (QED) is 0.790. The number of hydrogen-bond acceptors (Lipinski definition) is 5. The molecular weight excluding hydrogens is 280 g/mol. The summed E-state index contributed by atoms with van der Waals surface area (Å²) in [6.07, 6.45) is 1.41. The van der Waals surface area contributed by atoms with Crippen LogP contribution >= 0.6 is 0 Å². The van der Waals surface area contributed by atoms with Crippen LogP contribution in [0.15, 0.2) is 35.7 Å². The lowest BCUT2D eigenvalue weighted by molar-refractivity contribution is -0.143. The van der Waals surface area contributed by atoms with Crippen molar-refractivity contribution in [1.29, 1.82) is 5.26 Å². The van der Waals surface area contributed by atoms with Crippen molar-refractivity contribution in [2.24, 2.45) is 0 Å². The zero-order chi connectivity index (χ0) is 15.0. The molecule has 0 amide bonds. The smallest absolute Gasteiger partial charge is 0.324 e. The van der Waals surface area contributed by atoms with Crippen LogP contribution in [-0.4, -0.2) is 27.0 Å². The molecule has 0 aliphatic heterocycles. The largest absolute Gasteiger partial charge is 0.449 e. The normalized spacial score (nSPS) is 12.8. The summed E-state index contributed by atoms with van der Waals surface area (Å²) in [6, 6.07) is 9.44. The number of rotatable bonds is 6. The maximum atomic E-state index is 11.7. The highest BCUT2D eigenvalue weighted by atomic mass is 32.2. The Morgan fingerprint density at radius 1 is 1.45 bits per heavy atom. The van der Waals surface area contributed by atoms with Gasteiger partial charge in [0.1, 0.15) is 12.1 Å². The minimum atomic E-state index is -3.76. The molecule has 0 bridgehead atoms. The molecular formula is C13H14N2O4S. The number of benzene rings is 1. The summed E-state index contributed by atoms with van der Waals surface area (Å²) in [5, 5.41) is 9.23. The SMILES string of the molecule is C[C@H](NS(=O)(=O)/C=C/c1ccccc1)C(=O)OCC#N. The Morgan fingerprint density at radius 3 is 2.70 bits per heavy atom. The van der Waals surface area contributed by atoms with Crippen molar-refractivity contribution in [2.45, 2.75) is 13.0 Å². The van der Waals surface area contributed by atoms with Gasteiger partial charge < -0.3 is 4.74 Å². The van der Waals surface area contributed by atoms with Crippen LogP contribution in [0.1, 0.15) is 12.5 Å². The number of carbonyl (C=O) groups is 1. The van der Waals surface area contributed by atoms with Crippen LogP contribution < -0.4 is 4.72 Å². The van der Waals surface area contributed by atoms with Crippen LogP contribution in [0, 0.1) is 11.3 Å². The van der Waals surface area contributed by atoms with Gasteiger partial charge in [-0.1, -0.05) is 30.3 Å². The second-order valence-electron chi connectivity index (χ2n) is 3.86. The third-order valence-electron chi connectivity index (χ3n) is 2.21. The van der Waals surface area contributed by atoms with Crippen molar-refractivity contribution in [3.05, 3.63) is 41.3 Å². The first-order valence-electron chi connectivity index (χ1n) is 5.73. The van der Waals surface area contributed by atoms with E-state index in [1.54, 1.807) is 30.3 Å². The average molecular weight is 294 g/mol. The number of carbonyl (C=O) groups excluding carboxylic acids is 1. The molecule has 1 N–H and O–H groups in total. The van der Waals surface area contributed by atoms with Gasteiger partial charge in [0.15, 0.2) is 6.61 Å². The molecule has 7 heteroatoms. The van der Waals surface area contributed by atoms with Crippen molar-refractivity contribution in [3.63, 3.8) is 0 Å². The molecule has 0 aliphatic carbocycles. The minimum absolute atomic E-state index is 0.412. The molecule has 0 spiro atoms. The predicted molar refractivity (Wildman–Crippen MR) is 73.6 cm³/mol. The third kappa shape index (κ3) is 5.65. The average Bonchev–Trinajstić information content (AvgIpc) is 2.43. The number of hydrogen-bond donors (Lipinski definition) is 1. The molecule has 0 aromatic heterocycles. The fraction of sp³-hybridized carbons (Fsp3) is 0.231. The van der Waals surface area contributed by atoms with E-state index in [0.717, 1.165) is 11.0 Å². The van der Waals surface area contributed by atoms with Gasteiger partial charge in [0, 0.05) is 5.41 Å². The lowest BCUT2D eigenvalue weighted by Crippen LogP contribution is -2.38. The zero-order valence-corrected chi connectivity index (χ0v) is 11.6. The first-order valence-corrected chi connectivity index (χ1v) is 7.28. The first kappa shape index (κ1) is 15.9. The second-order valence-corrected chi connectivity index (χ2v) is 5.46. The van der Waals surface area contributed by atoms with Crippen molar-refractivity contribution in [3.8, 4) is 6.07 Å². The maximum Gasteiger partial charge on any atom is 0.324 e. The Hall–Kier alpha value is -2.17. The van der Waals surface area contributed by atoms with Crippen molar-refractivity contribution in [2.75, 3.05) is 6.61 Å². The van der Waals surface area contributed by atoms with Crippen LogP contribution in [-0.2, 0) is 19.6 Å². The fourth-order valence-electron chi connectivity index (χ4n) is 1.29. The number of esters is 1. The molecule has 1 atom stereocenters. The topological polar surface area (TPSA) is 96.3 Å². The zero-order valence-electron chi connectivity index (χ0n) is 10.8.